The van der Waals surface area contributed by atoms with Crippen LogP contribution in [0.25, 0.3) is 0 Å². The Morgan fingerprint density at radius 1 is 1.38 bits per heavy atom. The van der Waals surface area contributed by atoms with Gasteiger partial charge in [-0.05, 0) is 12.8 Å². The topological polar surface area (TPSA) is 67.1 Å². The number of halogens is 1. The van der Waals surface area contributed by atoms with Crippen molar-refractivity contribution < 1.29 is 4.39 Å². The first-order chi connectivity index (χ1) is 7.72. The van der Waals surface area contributed by atoms with Crippen LogP contribution in [0.1, 0.15) is 26.7 Å². The van der Waals surface area contributed by atoms with Crippen LogP contribution in [0, 0.1) is 5.82 Å². The molecule has 0 amide bonds. The fourth-order valence-electron chi connectivity index (χ4n) is 1.51. The van der Waals surface area contributed by atoms with E-state index < -0.39 is 5.82 Å². The van der Waals surface area contributed by atoms with Gasteiger partial charge in [-0.3, -0.25) is 5.43 Å². The summed E-state index contributed by atoms with van der Waals surface area (Å²) in [5.74, 6) is 5.33. The molecule has 3 N–H and O–H groups in total. The largest absolute Gasteiger partial charge is 0.354 e. The summed E-state index contributed by atoms with van der Waals surface area (Å²) < 4.78 is 13.6. The summed E-state index contributed by atoms with van der Waals surface area (Å²) in [6, 6.07) is 0. The van der Waals surface area contributed by atoms with Gasteiger partial charge in [0.15, 0.2) is 11.6 Å². The quantitative estimate of drug-likeness (QED) is 0.570. The zero-order valence-electron chi connectivity index (χ0n) is 9.70. The van der Waals surface area contributed by atoms with Crippen LogP contribution in [0.3, 0.4) is 0 Å². The van der Waals surface area contributed by atoms with Crippen LogP contribution in [0.2, 0.25) is 0 Å². The van der Waals surface area contributed by atoms with Gasteiger partial charge in [-0.2, -0.15) is 4.98 Å². The predicted molar refractivity (Wildman–Crippen MR) is 62.6 cm³/mol. The Morgan fingerprint density at radius 2 is 2.00 bits per heavy atom. The van der Waals surface area contributed by atoms with Gasteiger partial charge < -0.3 is 4.90 Å². The third-order valence-electron chi connectivity index (χ3n) is 2.14. The maximum absolute atomic E-state index is 13.6. The molecule has 1 heterocycles. The Bertz CT molecular complexity index is 325. The van der Waals surface area contributed by atoms with Crippen molar-refractivity contribution in [1.82, 2.24) is 9.97 Å². The standard InChI is InChI=1S/C10H18FN5/c1-3-5-16(6-4-2)9-8(11)7-13-10(14-9)15-12/h7H,3-6,12H2,1-2H3,(H,13,14,15). The van der Waals surface area contributed by atoms with Crippen LogP contribution in [0.15, 0.2) is 6.20 Å². The third kappa shape index (κ3) is 3.03. The molecule has 0 saturated heterocycles. The molecule has 0 spiro atoms. The third-order valence-corrected chi connectivity index (χ3v) is 2.14. The lowest BCUT2D eigenvalue weighted by Crippen LogP contribution is -2.27. The molecule has 1 rings (SSSR count). The van der Waals surface area contributed by atoms with Gasteiger partial charge in [-0.25, -0.2) is 15.2 Å². The maximum atomic E-state index is 13.6. The number of anilines is 2. The molecular formula is C10H18FN5. The molecule has 16 heavy (non-hydrogen) atoms. The Hall–Kier alpha value is -1.43. The minimum Gasteiger partial charge on any atom is -0.354 e. The van der Waals surface area contributed by atoms with Gasteiger partial charge in [0, 0.05) is 13.1 Å². The van der Waals surface area contributed by atoms with Crippen LogP contribution in [-0.2, 0) is 0 Å². The smallest absolute Gasteiger partial charge is 0.239 e. The number of aromatic nitrogens is 2. The first kappa shape index (κ1) is 12.6. The van der Waals surface area contributed by atoms with Gasteiger partial charge in [0.2, 0.25) is 5.95 Å². The van der Waals surface area contributed by atoms with E-state index in [1.54, 1.807) is 0 Å². The minimum atomic E-state index is -0.416. The summed E-state index contributed by atoms with van der Waals surface area (Å²) in [7, 11) is 0. The number of nitrogens with zero attached hydrogens (tertiary/aromatic N) is 3. The fourth-order valence-corrected chi connectivity index (χ4v) is 1.51. The molecule has 0 aliphatic rings. The average molecular weight is 227 g/mol. The van der Waals surface area contributed by atoms with E-state index in [0.717, 1.165) is 32.1 Å². The van der Waals surface area contributed by atoms with Crippen LogP contribution < -0.4 is 16.2 Å². The SMILES string of the molecule is CCCN(CCC)c1nc(NN)ncc1F. The number of nitrogens with two attached hydrogens (primary N) is 1. The molecule has 0 aliphatic carbocycles. The van der Waals surface area contributed by atoms with Crippen molar-refractivity contribution in [3.63, 3.8) is 0 Å². The van der Waals surface area contributed by atoms with Gasteiger partial charge >= 0.3 is 0 Å². The molecule has 6 heteroatoms. The lowest BCUT2D eigenvalue weighted by Gasteiger charge is -2.22. The molecule has 1 aromatic heterocycles. The number of hydrogen-bond acceptors (Lipinski definition) is 5. The van der Waals surface area contributed by atoms with Crippen molar-refractivity contribution in [2.45, 2.75) is 26.7 Å². The highest BCUT2D eigenvalue weighted by Gasteiger charge is 2.13. The van der Waals surface area contributed by atoms with E-state index >= 15 is 0 Å². The first-order valence-corrected chi connectivity index (χ1v) is 5.47. The molecule has 0 unspecified atom stereocenters. The number of nitrogens with one attached hydrogen (secondary N) is 1. The molecule has 0 bridgehead atoms. The van der Waals surface area contributed by atoms with E-state index in [1.807, 2.05) is 18.7 Å². The number of hydrazine groups is 1. The van der Waals surface area contributed by atoms with Gasteiger partial charge in [0.05, 0.1) is 6.20 Å². The summed E-state index contributed by atoms with van der Waals surface area (Å²) in [5.41, 5.74) is 2.32. The second-order valence-corrected chi connectivity index (χ2v) is 3.50. The van der Waals surface area contributed by atoms with Gasteiger partial charge in [0.25, 0.3) is 0 Å². The summed E-state index contributed by atoms with van der Waals surface area (Å²) in [4.78, 5) is 9.64. The zero-order valence-corrected chi connectivity index (χ0v) is 9.70. The predicted octanol–water partition coefficient (Wildman–Crippen LogP) is 1.53. The number of rotatable bonds is 6. The summed E-state index contributed by atoms with van der Waals surface area (Å²) >= 11 is 0. The molecule has 0 atom stereocenters. The molecule has 1 aromatic rings. The second kappa shape index (κ2) is 6.22. The van der Waals surface area contributed by atoms with E-state index in [2.05, 4.69) is 15.4 Å². The van der Waals surface area contributed by atoms with E-state index in [1.165, 1.54) is 0 Å². The van der Waals surface area contributed by atoms with Crippen molar-refractivity contribution in [3.8, 4) is 0 Å². The molecule has 90 valence electrons. The number of hydrogen-bond donors (Lipinski definition) is 2. The van der Waals surface area contributed by atoms with Crippen molar-refractivity contribution >= 4 is 11.8 Å². The highest BCUT2D eigenvalue weighted by molar-refractivity contribution is 5.43. The molecule has 0 radical (unpaired) electrons. The van der Waals surface area contributed by atoms with Gasteiger partial charge in [-0.1, -0.05) is 13.8 Å². The molecule has 0 aliphatic heterocycles. The zero-order chi connectivity index (χ0) is 12.0. The summed E-state index contributed by atoms with van der Waals surface area (Å²) in [6.07, 6.45) is 3.01. The Labute approximate surface area is 94.8 Å². The fraction of sp³-hybridized carbons (Fsp3) is 0.600. The van der Waals surface area contributed by atoms with E-state index in [4.69, 9.17) is 5.84 Å². The Balaban J connectivity index is 2.96. The highest BCUT2D eigenvalue weighted by Crippen LogP contribution is 2.17. The maximum Gasteiger partial charge on any atom is 0.239 e. The van der Waals surface area contributed by atoms with Crippen molar-refractivity contribution in [3.05, 3.63) is 12.0 Å². The van der Waals surface area contributed by atoms with Crippen molar-refractivity contribution in [2.24, 2.45) is 5.84 Å². The van der Waals surface area contributed by atoms with Crippen molar-refractivity contribution in [1.29, 1.82) is 0 Å². The highest BCUT2D eigenvalue weighted by atomic mass is 19.1. The molecule has 0 saturated carbocycles. The monoisotopic (exact) mass is 227 g/mol. The van der Waals surface area contributed by atoms with Gasteiger partial charge in [0.1, 0.15) is 0 Å². The molecule has 0 aromatic carbocycles. The second-order valence-electron chi connectivity index (χ2n) is 3.50. The molecule has 0 fully saturated rings. The van der Waals surface area contributed by atoms with E-state index in [-0.39, 0.29) is 5.95 Å². The summed E-state index contributed by atoms with van der Waals surface area (Å²) in [5, 5.41) is 0. The first-order valence-electron chi connectivity index (χ1n) is 5.47. The van der Waals surface area contributed by atoms with Crippen LogP contribution in [-0.4, -0.2) is 23.1 Å². The van der Waals surface area contributed by atoms with Crippen LogP contribution in [0.5, 0.6) is 0 Å². The average Bonchev–Trinajstić information content (AvgIpc) is 2.29. The van der Waals surface area contributed by atoms with Crippen LogP contribution in [0.4, 0.5) is 16.2 Å². The lowest BCUT2D eigenvalue weighted by molar-refractivity contribution is 0.598. The van der Waals surface area contributed by atoms with E-state index in [0.29, 0.717) is 5.82 Å². The number of nitrogen functional groups attached to an aromatic ring is 1. The Kier molecular flexibility index (Phi) is 4.91. The molecular weight excluding hydrogens is 209 g/mol. The van der Waals surface area contributed by atoms with E-state index in [9.17, 15) is 4.39 Å². The van der Waals surface area contributed by atoms with Crippen molar-refractivity contribution in [2.75, 3.05) is 23.4 Å². The van der Waals surface area contributed by atoms with Gasteiger partial charge in [-0.15, -0.1) is 0 Å². The Morgan fingerprint density at radius 3 is 2.50 bits per heavy atom. The molecule has 5 nitrogen and oxygen atoms in total. The minimum absolute atomic E-state index is 0.230. The summed E-state index contributed by atoms with van der Waals surface area (Å²) in [6.45, 7) is 5.63. The lowest BCUT2D eigenvalue weighted by atomic mass is 10.3. The normalized spacial score (nSPS) is 10.2. The van der Waals surface area contributed by atoms with Crippen LogP contribution >= 0.6 is 0 Å².